The van der Waals surface area contributed by atoms with Gasteiger partial charge in [0.2, 0.25) is 0 Å². The second kappa shape index (κ2) is 8.48. The van der Waals surface area contributed by atoms with E-state index in [0.717, 1.165) is 44.9 Å². The van der Waals surface area contributed by atoms with Crippen LogP contribution in [0.15, 0.2) is 0 Å². The molecular weight excluding hydrogens is 228 g/mol. The van der Waals surface area contributed by atoms with Gasteiger partial charge in [0.05, 0.1) is 0 Å². The molecule has 1 aliphatic rings. The Labute approximate surface area is 111 Å². The van der Waals surface area contributed by atoms with E-state index in [9.17, 15) is 4.79 Å². The average molecular weight is 256 g/mol. The fourth-order valence-corrected chi connectivity index (χ4v) is 2.80. The van der Waals surface area contributed by atoms with Gasteiger partial charge in [-0.15, -0.1) is 0 Å². The molecule has 18 heavy (non-hydrogen) atoms. The van der Waals surface area contributed by atoms with Crippen LogP contribution in [-0.2, 0) is 4.79 Å². The number of carboxylic acid groups (broad SMARTS) is 1. The summed E-state index contributed by atoms with van der Waals surface area (Å²) in [7, 11) is 2.18. The lowest BCUT2D eigenvalue weighted by Gasteiger charge is -2.27. The molecule has 1 N–H and O–H groups in total. The van der Waals surface area contributed by atoms with Crippen molar-refractivity contribution in [1.29, 1.82) is 0 Å². The molecule has 0 aromatic carbocycles. The number of unbranched alkanes of at least 4 members (excludes halogenated alkanes) is 2. The third-order valence-corrected chi connectivity index (χ3v) is 3.86. The summed E-state index contributed by atoms with van der Waals surface area (Å²) in [5, 5.41) is 8.55. The van der Waals surface area contributed by atoms with Crippen molar-refractivity contribution in [2.75, 3.05) is 33.2 Å². The lowest BCUT2D eigenvalue weighted by molar-refractivity contribution is -0.137. The quantitative estimate of drug-likeness (QED) is 0.641. The van der Waals surface area contributed by atoms with E-state index in [1.165, 1.54) is 19.4 Å². The van der Waals surface area contributed by atoms with Crippen LogP contribution < -0.4 is 0 Å². The molecule has 0 spiro atoms. The Kier molecular flexibility index (Phi) is 7.28. The summed E-state index contributed by atoms with van der Waals surface area (Å²) >= 11 is 0. The molecule has 0 aliphatic carbocycles. The van der Waals surface area contributed by atoms with Crippen LogP contribution >= 0.6 is 0 Å². The van der Waals surface area contributed by atoms with Gasteiger partial charge in [-0.1, -0.05) is 13.3 Å². The molecule has 4 heteroatoms. The molecule has 1 heterocycles. The van der Waals surface area contributed by atoms with Gasteiger partial charge < -0.3 is 10.0 Å². The summed E-state index contributed by atoms with van der Waals surface area (Å²) in [6.07, 6.45) is 5.94. The summed E-state index contributed by atoms with van der Waals surface area (Å²) in [4.78, 5) is 15.4. The minimum Gasteiger partial charge on any atom is -0.481 e. The third-order valence-electron chi connectivity index (χ3n) is 3.86. The van der Waals surface area contributed by atoms with Crippen molar-refractivity contribution in [2.24, 2.45) is 0 Å². The molecule has 1 rings (SSSR count). The van der Waals surface area contributed by atoms with E-state index in [2.05, 4.69) is 23.8 Å². The van der Waals surface area contributed by atoms with Crippen molar-refractivity contribution in [3.05, 3.63) is 0 Å². The number of likely N-dealkylation sites (tertiary alicyclic amines) is 1. The monoisotopic (exact) mass is 256 g/mol. The van der Waals surface area contributed by atoms with Crippen LogP contribution in [0.3, 0.4) is 0 Å². The first kappa shape index (κ1) is 15.4. The zero-order valence-corrected chi connectivity index (χ0v) is 11.9. The van der Waals surface area contributed by atoms with Crippen LogP contribution in [0.5, 0.6) is 0 Å². The number of aliphatic carboxylic acids is 1. The summed E-state index contributed by atoms with van der Waals surface area (Å²) in [6, 6.07) is 0.735. The lowest BCUT2D eigenvalue weighted by atomic mass is 10.1. The van der Waals surface area contributed by atoms with Crippen molar-refractivity contribution in [2.45, 2.75) is 51.5 Å². The van der Waals surface area contributed by atoms with Crippen LogP contribution in [0, 0.1) is 0 Å². The third kappa shape index (κ3) is 5.83. The Morgan fingerprint density at radius 1 is 1.39 bits per heavy atom. The van der Waals surface area contributed by atoms with Crippen LogP contribution in [-0.4, -0.2) is 60.1 Å². The fraction of sp³-hybridized carbons (Fsp3) is 0.929. The number of hydrogen-bond donors (Lipinski definition) is 1. The maximum atomic E-state index is 10.4. The van der Waals surface area contributed by atoms with E-state index in [1.807, 2.05) is 0 Å². The SMILES string of the molecule is CCN1CCCC1CN(C)CCCCCC(=O)O. The van der Waals surface area contributed by atoms with Gasteiger partial charge >= 0.3 is 5.97 Å². The molecule has 1 fully saturated rings. The van der Waals surface area contributed by atoms with Crippen LogP contribution in [0.25, 0.3) is 0 Å². The standard InChI is InChI=1S/C14H28N2O2/c1-3-16-11-7-8-13(16)12-15(2)10-6-4-5-9-14(17)18/h13H,3-12H2,1-2H3,(H,17,18). The minimum absolute atomic E-state index is 0.315. The van der Waals surface area contributed by atoms with Crippen LogP contribution in [0.1, 0.15) is 45.4 Å². The average Bonchev–Trinajstić information content (AvgIpc) is 2.75. The summed E-state index contributed by atoms with van der Waals surface area (Å²) in [5.74, 6) is -0.673. The lowest BCUT2D eigenvalue weighted by Crippen LogP contribution is -2.39. The van der Waals surface area contributed by atoms with Crippen molar-refractivity contribution in [3.63, 3.8) is 0 Å². The molecule has 1 atom stereocenters. The number of carbonyl (C=O) groups is 1. The second-order valence-corrected chi connectivity index (χ2v) is 5.39. The molecule has 4 nitrogen and oxygen atoms in total. The van der Waals surface area contributed by atoms with E-state index < -0.39 is 5.97 Å². The first-order valence-electron chi connectivity index (χ1n) is 7.28. The maximum absolute atomic E-state index is 10.4. The van der Waals surface area contributed by atoms with E-state index in [1.54, 1.807) is 0 Å². The predicted octanol–water partition coefficient (Wildman–Crippen LogP) is 2.05. The van der Waals surface area contributed by atoms with Crippen LogP contribution in [0.4, 0.5) is 0 Å². The minimum atomic E-state index is -0.673. The van der Waals surface area contributed by atoms with Gasteiger partial charge in [0, 0.05) is 19.0 Å². The fourth-order valence-electron chi connectivity index (χ4n) is 2.80. The maximum Gasteiger partial charge on any atom is 0.303 e. The topological polar surface area (TPSA) is 43.8 Å². The summed E-state index contributed by atoms with van der Waals surface area (Å²) in [5.41, 5.74) is 0. The highest BCUT2D eigenvalue weighted by Crippen LogP contribution is 2.17. The van der Waals surface area contributed by atoms with Gasteiger partial charge in [-0.2, -0.15) is 0 Å². The van der Waals surface area contributed by atoms with E-state index in [0.29, 0.717) is 6.42 Å². The van der Waals surface area contributed by atoms with Crippen molar-refractivity contribution < 1.29 is 9.90 Å². The molecule has 0 saturated carbocycles. The number of carboxylic acids is 1. The normalized spacial score (nSPS) is 20.7. The Balaban J connectivity index is 2.06. The molecule has 106 valence electrons. The number of likely N-dealkylation sites (N-methyl/N-ethyl adjacent to an activating group) is 2. The highest BCUT2D eigenvalue weighted by atomic mass is 16.4. The number of hydrogen-bond acceptors (Lipinski definition) is 3. The van der Waals surface area contributed by atoms with Gasteiger partial charge in [-0.25, -0.2) is 0 Å². The molecule has 0 aromatic heterocycles. The Hall–Kier alpha value is -0.610. The largest absolute Gasteiger partial charge is 0.481 e. The van der Waals surface area contributed by atoms with Gasteiger partial charge in [0.25, 0.3) is 0 Å². The highest BCUT2D eigenvalue weighted by Gasteiger charge is 2.23. The summed E-state index contributed by atoms with van der Waals surface area (Å²) < 4.78 is 0. The first-order valence-corrected chi connectivity index (χ1v) is 7.28. The van der Waals surface area contributed by atoms with Gasteiger partial charge in [0.1, 0.15) is 0 Å². The zero-order valence-electron chi connectivity index (χ0n) is 11.9. The Bertz CT molecular complexity index is 246. The Morgan fingerprint density at radius 3 is 2.83 bits per heavy atom. The molecule has 0 radical (unpaired) electrons. The zero-order chi connectivity index (χ0) is 13.4. The molecule has 1 aliphatic heterocycles. The van der Waals surface area contributed by atoms with Crippen molar-refractivity contribution >= 4 is 5.97 Å². The smallest absolute Gasteiger partial charge is 0.303 e. The highest BCUT2D eigenvalue weighted by molar-refractivity contribution is 5.66. The first-order chi connectivity index (χ1) is 8.63. The van der Waals surface area contributed by atoms with E-state index >= 15 is 0 Å². The molecule has 0 amide bonds. The van der Waals surface area contributed by atoms with Crippen LogP contribution in [0.2, 0.25) is 0 Å². The Morgan fingerprint density at radius 2 is 2.17 bits per heavy atom. The number of rotatable bonds is 9. The van der Waals surface area contributed by atoms with Gasteiger partial charge in [0.15, 0.2) is 0 Å². The van der Waals surface area contributed by atoms with E-state index in [4.69, 9.17) is 5.11 Å². The molecule has 1 unspecified atom stereocenters. The summed E-state index contributed by atoms with van der Waals surface area (Å²) in [6.45, 7) is 6.91. The van der Waals surface area contributed by atoms with Crippen molar-refractivity contribution in [3.8, 4) is 0 Å². The van der Waals surface area contributed by atoms with Crippen molar-refractivity contribution in [1.82, 2.24) is 9.80 Å². The predicted molar refractivity (Wildman–Crippen MR) is 73.9 cm³/mol. The van der Waals surface area contributed by atoms with Gasteiger partial charge in [-0.3, -0.25) is 9.69 Å². The molecular formula is C14H28N2O2. The number of nitrogens with zero attached hydrogens (tertiary/aromatic N) is 2. The molecule has 0 bridgehead atoms. The van der Waals surface area contributed by atoms with Gasteiger partial charge in [-0.05, 0) is 52.4 Å². The van der Waals surface area contributed by atoms with E-state index in [-0.39, 0.29) is 0 Å². The molecule has 1 saturated heterocycles. The second-order valence-electron chi connectivity index (χ2n) is 5.39. The molecule has 0 aromatic rings.